The molecular weight excluding hydrogens is 404 g/mol. The molecule has 1 unspecified atom stereocenters. The number of ether oxygens (including phenoxy) is 1. The summed E-state index contributed by atoms with van der Waals surface area (Å²) in [7, 11) is 1.64. The molecule has 3 heterocycles. The van der Waals surface area contributed by atoms with Gasteiger partial charge in [0.15, 0.2) is 0 Å². The lowest BCUT2D eigenvalue weighted by Gasteiger charge is -2.29. The van der Waals surface area contributed by atoms with E-state index in [1.54, 1.807) is 16.3 Å². The van der Waals surface area contributed by atoms with Crippen molar-refractivity contribution < 1.29 is 9.53 Å². The van der Waals surface area contributed by atoms with E-state index in [9.17, 15) is 4.79 Å². The maximum absolute atomic E-state index is 12.1. The van der Waals surface area contributed by atoms with Crippen LogP contribution in [-0.4, -0.2) is 38.5 Å². The summed E-state index contributed by atoms with van der Waals surface area (Å²) in [6.07, 6.45) is 5.27. The highest BCUT2D eigenvalue weighted by atomic mass is 16.5. The lowest BCUT2D eigenvalue weighted by Crippen LogP contribution is -2.32. The van der Waals surface area contributed by atoms with Gasteiger partial charge in [0.05, 0.1) is 47.7 Å². The molecule has 0 fully saturated rings. The molecule has 3 N–H and O–H groups in total. The number of benzene rings is 1. The van der Waals surface area contributed by atoms with Crippen molar-refractivity contribution >= 4 is 17.1 Å². The van der Waals surface area contributed by atoms with E-state index < -0.39 is 5.91 Å². The fourth-order valence-electron chi connectivity index (χ4n) is 3.32. The summed E-state index contributed by atoms with van der Waals surface area (Å²) in [5.41, 5.74) is 10.1. The van der Waals surface area contributed by atoms with Gasteiger partial charge in [0.25, 0.3) is 5.91 Å². The Morgan fingerprint density at radius 2 is 1.91 bits per heavy atom. The summed E-state index contributed by atoms with van der Waals surface area (Å²) in [5.74, 6) is 0.278. The molecular formula is C24H28N6O2. The fraction of sp³-hybridized carbons (Fsp3) is 0.292. The summed E-state index contributed by atoms with van der Waals surface area (Å²) in [4.78, 5) is 12.1. The standard InChI is InChI=1S/C24H28N6O2/c1-15(24(2,3)4)27-22-19(23(25)31)13-26-30-14-17(12-21(22)30)29-11-10-20(28-29)16-6-8-18(32-5)9-7-16/h6-15,27H,1-5H3,(H2,25,31). The van der Waals surface area contributed by atoms with E-state index in [2.05, 4.69) is 38.1 Å². The Bertz CT molecular complexity index is 1260. The number of aromatic nitrogens is 4. The van der Waals surface area contributed by atoms with Crippen LogP contribution in [0.4, 0.5) is 5.69 Å². The van der Waals surface area contributed by atoms with Crippen LogP contribution < -0.4 is 15.8 Å². The van der Waals surface area contributed by atoms with Gasteiger partial charge in [-0.1, -0.05) is 20.8 Å². The number of anilines is 1. The van der Waals surface area contributed by atoms with Gasteiger partial charge in [-0.05, 0) is 48.7 Å². The molecule has 3 aromatic heterocycles. The first-order chi connectivity index (χ1) is 15.2. The molecule has 0 spiro atoms. The Morgan fingerprint density at radius 1 is 1.19 bits per heavy atom. The summed E-state index contributed by atoms with van der Waals surface area (Å²) in [5, 5.41) is 12.6. The maximum atomic E-state index is 12.1. The topological polar surface area (TPSA) is 99.5 Å². The first-order valence-electron chi connectivity index (χ1n) is 10.5. The Labute approximate surface area is 187 Å². The first kappa shape index (κ1) is 21.4. The van der Waals surface area contributed by atoms with E-state index in [1.165, 1.54) is 6.20 Å². The second kappa shape index (κ2) is 8.03. The van der Waals surface area contributed by atoms with Crippen LogP contribution in [-0.2, 0) is 0 Å². The van der Waals surface area contributed by atoms with Crippen LogP contribution in [0.15, 0.2) is 55.0 Å². The largest absolute Gasteiger partial charge is 0.497 e. The van der Waals surface area contributed by atoms with Gasteiger partial charge in [-0.2, -0.15) is 10.2 Å². The number of primary amides is 1. The molecule has 0 aliphatic rings. The van der Waals surface area contributed by atoms with E-state index in [0.717, 1.165) is 28.2 Å². The monoisotopic (exact) mass is 432 g/mol. The Morgan fingerprint density at radius 3 is 2.53 bits per heavy atom. The molecule has 1 atom stereocenters. The minimum Gasteiger partial charge on any atom is -0.497 e. The van der Waals surface area contributed by atoms with Gasteiger partial charge >= 0.3 is 0 Å². The number of nitrogens with two attached hydrogens (primary N) is 1. The van der Waals surface area contributed by atoms with Crippen molar-refractivity contribution in [1.29, 1.82) is 0 Å². The van der Waals surface area contributed by atoms with Crippen molar-refractivity contribution in [3.63, 3.8) is 0 Å². The molecule has 0 saturated carbocycles. The third kappa shape index (κ3) is 4.03. The zero-order valence-electron chi connectivity index (χ0n) is 19.0. The van der Waals surface area contributed by atoms with Crippen LogP contribution >= 0.6 is 0 Å². The maximum Gasteiger partial charge on any atom is 0.252 e. The van der Waals surface area contributed by atoms with Gasteiger partial charge in [0.1, 0.15) is 5.75 Å². The van der Waals surface area contributed by atoms with Crippen LogP contribution in [0.5, 0.6) is 5.75 Å². The zero-order valence-corrected chi connectivity index (χ0v) is 19.0. The highest BCUT2D eigenvalue weighted by Crippen LogP contribution is 2.30. The Balaban J connectivity index is 1.74. The van der Waals surface area contributed by atoms with E-state index in [0.29, 0.717) is 11.3 Å². The SMILES string of the molecule is COc1ccc(-c2ccn(-c3cc4c(NC(C)C(C)(C)C)c(C(N)=O)cnn4c3)n2)cc1. The molecule has 8 nitrogen and oxygen atoms in total. The Kier molecular flexibility index (Phi) is 5.38. The molecule has 0 radical (unpaired) electrons. The van der Waals surface area contributed by atoms with Crippen LogP contribution in [0.3, 0.4) is 0 Å². The second-order valence-corrected chi connectivity index (χ2v) is 8.93. The quantitative estimate of drug-likeness (QED) is 0.477. The minimum atomic E-state index is -0.521. The van der Waals surface area contributed by atoms with Crippen molar-refractivity contribution in [2.45, 2.75) is 33.7 Å². The van der Waals surface area contributed by atoms with Crippen molar-refractivity contribution in [2.24, 2.45) is 11.1 Å². The normalized spacial score (nSPS) is 12.7. The summed E-state index contributed by atoms with van der Waals surface area (Å²) >= 11 is 0. The van der Waals surface area contributed by atoms with Crippen molar-refractivity contribution in [2.75, 3.05) is 12.4 Å². The third-order valence-corrected chi connectivity index (χ3v) is 5.79. The molecule has 1 aromatic carbocycles. The van der Waals surface area contributed by atoms with Crippen LogP contribution in [0, 0.1) is 5.41 Å². The van der Waals surface area contributed by atoms with Gasteiger partial charge in [0, 0.05) is 17.8 Å². The highest BCUT2D eigenvalue weighted by molar-refractivity contribution is 6.02. The number of hydrogen-bond donors (Lipinski definition) is 2. The van der Waals surface area contributed by atoms with Crippen LogP contribution in [0.2, 0.25) is 0 Å². The number of methoxy groups -OCH3 is 1. The summed E-state index contributed by atoms with van der Waals surface area (Å²) < 4.78 is 8.74. The van der Waals surface area contributed by atoms with Crippen molar-refractivity contribution in [3.05, 3.63) is 60.6 Å². The van der Waals surface area contributed by atoms with E-state index >= 15 is 0 Å². The van der Waals surface area contributed by atoms with Crippen molar-refractivity contribution in [1.82, 2.24) is 19.4 Å². The second-order valence-electron chi connectivity index (χ2n) is 8.93. The molecule has 4 aromatic rings. The lowest BCUT2D eigenvalue weighted by molar-refractivity contribution is 0.100. The van der Waals surface area contributed by atoms with E-state index in [4.69, 9.17) is 15.6 Å². The molecule has 0 aliphatic carbocycles. The van der Waals surface area contributed by atoms with Crippen molar-refractivity contribution in [3.8, 4) is 22.7 Å². The molecule has 1 amide bonds. The van der Waals surface area contributed by atoms with E-state index in [1.807, 2.05) is 48.8 Å². The molecule has 8 heteroatoms. The van der Waals surface area contributed by atoms with Gasteiger partial charge in [-0.25, -0.2) is 9.20 Å². The highest BCUT2D eigenvalue weighted by Gasteiger charge is 2.24. The zero-order chi connectivity index (χ0) is 23.0. The van der Waals surface area contributed by atoms with Gasteiger partial charge in [0.2, 0.25) is 0 Å². The molecule has 0 bridgehead atoms. The predicted molar refractivity (Wildman–Crippen MR) is 125 cm³/mol. The number of rotatable bonds is 6. The summed E-state index contributed by atoms with van der Waals surface area (Å²) in [6.45, 7) is 8.50. The minimum absolute atomic E-state index is 0.0140. The number of carbonyl (C=O) groups is 1. The van der Waals surface area contributed by atoms with Gasteiger partial charge < -0.3 is 15.8 Å². The van der Waals surface area contributed by atoms with Crippen LogP contribution in [0.1, 0.15) is 38.1 Å². The van der Waals surface area contributed by atoms with Gasteiger partial charge in [-0.15, -0.1) is 0 Å². The molecule has 166 valence electrons. The smallest absolute Gasteiger partial charge is 0.252 e. The van der Waals surface area contributed by atoms with Crippen LogP contribution in [0.25, 0.3) is 22.5 Å². The average Bonchev–Trinajstić information content (AvgIpc) is 3.40. The average molecular weight is 433 g/mol. The number of carbonyl (C=O) groups excluding carboxylic acids is 1. The molecule has 32 heavy (non-hydrogen) atoms. The third-order valence-electron chi connectivity index (χ3n) is 5.79. The molecule has 4 rings (SSSR count). The lowest BCUT2D eigenvalue weighted by atomic mass is 9.88. The predicted octanol–water partition coefficient (Wildman–Crippen LogP) is 4.14. The fourth-order valence-corrected chi connectivity index (χ4v) is 3.32. The number of nitrogens with zero attached hydrogens (tertiary/aromatic N) is 4. The van der Waals surface area contributed by atoms with Gasteiger partial charge in [-0.3, -0.25) is 4.79 Å². The number of fused-ring (bicyclic) bond motifs is 1. The molecule has 0 aliphatic heterocycles. The number of hydrogen-bond acceptors (Lipinski definition) is 5. The number of amides is 1. The number of nitrogens with one attached hydrogen (secondary N) is 1. The molecule has 0 saturated heterocycles. The first-order valence-corrected chi connectivity index (χ1v) is 10.5. The Hall–Kier alpha value is -3.81. The summed E-state index contributed by atoms with van der Waals surface area (Å²) in [6, 6.07) is 11.7. The van der Waals surface area contributed by atoms with E-state index in [-0.39, 0.29) is 11.5 Å².